The summed E-state index contributed by atoms with van der Waals surface area (Å²) < 4.78 is 20.6. The first-order valence-corrected chi connectivity index (χ1v) is 6.07. The Kier molecular flexibility index (Phi) is 7.80. The first kappa shape index (κ1) is 15.6. The van der Waals surface area contributed by atoms with Gasteiger partial charge in [0.05, 0.1) is 39.1 Å². The van der Waals surface area contributed by atoms with E-state index in [9.17, 15) is 4.79 Å². The maximum absolute atomic E-state index is 11.1. The van der Waals surface area contributed by atoms with Crippen LogP contribution < -0.4 is 10.3 Å². The molecule has 0 fully saturated rings. The quantitative estimate of drug-likeness (QED) is 0.610. The fraction of sp³-hybridized carbons (Fsp3) is 0.667. The van der Waals surface area contributed by atoms with Crippen LogP contribution in [0, 0.1) is 6.92 Å². The highest BCUT2D eigenvalue weighted by Gasteiger charge is 1.98. The minimum atomic E-state index is -0.227. The molecule has 0 unspecified atom stereocenters. The van der Waals surface area contributed by atoms with Crippen molar-refractivity contribution in [3.8, 4) is 5.88 Å². The van der Waals surface area contributed by atoms with Gasteiger partial charge in [0.25, 0.3) is 5.56 Å². The van der Waals surface area contributed by atoms with Gasteiger partial charge in [-0.05, 0) is 6.92 Å². The van der Waals surface area contributed by atoms with Gasteiger partial charge in [-0.3, -0.25) is 4.79 Å². The molecule has 7 nitrogen and oxygen atoms in total. The van der Waals surface area contributed by atoms with Gasteiger partial charge in [0, 0.05) is 7.11 Å². The van der Waals surface area contributed by atoms with Gasteiger partial charge in [0.15, 0.2) is 0 Å². The molecule has 0 atom stereocenters. The molecule has 0 spiro atoms. The zero-order chi connectivity index (χ0) is 13.9. The van der Waals surface area contributed by atoms with Crippen LogP contribution in [0.25, 0.3) is 0 Å². The largest absolute Gasteiger partial charge is 0.475 e. The summed E-state index contributed by atoms with van der Waals surface area (Å²) in [5.74, 6) is 0.830. The molecule has 1 aromatic rings. The molecule has 0 bridgehead atoms. The second kappa shape index (κ2) is 9.48. The van der Waals surface area contributed by atoms with Crippen LogP contribution in [-0.4, -0.2) is 56.7 Å². The SMILES string of the molecule is COCCOCCOCCOc1cc(=O)[nH]c(C)n1. The summed E-state index contributed by atoms with van der Waals surface area (Å²) in [4.78, 5) is 17.7. The van der Waals surface area contributed by atoms with Gasteiger partial charge in [0.1, 0.15) is 12.4 Å². The van der Waals surface area contributed by atoms with Crippen molar-refractivity contribution in [1.29, 1.82) is 0 Å². The van der Waals surface area contributed by atoms with Gasteiger partial charge < -0.3 is 23.9 Å². The first-order chi connectivity index (χ1) is 9.22. The van der Waals surface area contributed by atoms with Crippen LogP contribution >= 0.6 is 0 Å². The normalized spacial score (nSPS) is 10.6. The molecule has 19 heavy (non-hydrogen) atoms. The van der Waals surface area contributed by atoms with Gasteiger partial charge >= 0.3 is 0 Å². The minimum absolute atomic E-state index is 0.227. The van der Waals surface area contributed by atoms with Crippen molar-refractivity contribution in [3.63, 3.8) is 0 Å². The van der Waals surface area contributed by atoms with Crippen LogP contribution in [-0.2, 0) is 14.2 Å². The van der Waals surface area contributed by atoms with Crippen LogP contribution in [0.3, 0.4) is 0 Å². The molecular weight excluding hydrogens is 252 g/mol. The lowest BCUT2D eigenvalue weighted by Crippen LogP contribution is -2.14. The molecule has 1 N–H and O–H groups in total. The Morgan fingerprint density at radius 3 is 2.37 bits per heavy atom. The molecule has 7 heteroatoms. The maximum Gasteiger partial charge on any atom is 0.254 e. The number of ether oxygens (including phenoxy) is 4. The lowest BCUT2D eigenvalue weighted by Gasteiger charge is -2.07. The Labute approximate surface area is 111 Å². The van der Waals surface area contributed by atoms with Crippen molar-refractivity contribution in [2.24, 2.45) is 0 Å². The molecule has 0 saturated carbocycles. The Balaban J connectivity index is 2.03. The van der Waals surface area contributed by atoms with Crippen molar-refractivity contribution in [3.05, 3.63) is 22.2 Å². The molecule has 1 heterocycles. The van der Waals surface area contributed by atoms with E-state index >= 15 is 0 Å². The van der Waals surface area contributed by atoms with E-state index < -0.39 is 0 Å². The summed E-state index contributed by atoms with van der Waals surface area (Å²) in [6.45, 7) is 4.61. The predicted octanol–water partition coefficient (Wildman–Crippen LogP) is 0.137. The lowest BCUT2D eigenvalue weighted by molar-refractivity contribution is 0.0176. The summed E-state index contributed by atoms with van der Waals surface area (Å²) in [7, 11) is 1.63. The third kappa shape index (κ3) is 7.55. The van der Waals surface area contributed by atoms with E-state index in [2.05, 4.69) is 9.97 Å². The summed E-state index contributed by atoms with van der Waals surface area (Å²) in [6, 6.07) is 1.31. The number of aromatic amines is 1. The van der Waals surface area contributed by atoms with E-state index in [1.807, 2.05) is 0 Å². The monoisotopic (exact) mass is 272 g/mol. The number of aromatic nitrogens is 2. The molecule has 0 aromatic carbocycles. The zero-order valence-corrected chi connectivity index (χ0v) is 11.3. The van der Waals surface area contributed by atoms with E-state index in [1.165, 1.54) is 6.07 Å². The maximum atomic E-state index is 11.1. The topological polar surface area (TPSA) is 82.7 Å². The van der Waals surface area contributed by atoms with Crippen molar-refractivity contribution in [2.75, 3.05) is 46.8 Å². The van der Waals surface area contributed by atoms with Gasteiger partial charge in [0.2, 0.25) is 5.88 Å². The first-order valence-electron chi connectivity index (χ1n) is 6.07. The molecule has 0 aliphatic rings. The third-order valence-corrected chi connectivity index (χ3v) is 2.12. The molecule has 0 radical (unpaired) electrons. The smallest absolute Gasteiger partial charge is 0.254 e. The fourth-order valence-corrected chi connectivity index (χ4v) is 1.30. The molecule has 1 aromatic heterocycles. The average Bonchev–Trinajstić information content (AvgIpc) is 2.36. The molecule has 0 saturated heterocycles. The number of H-pyrrole nitrogens is 1. The van der Waals surface area contributed by atoms with E-state index in [1.54, 1.807) is 14.0 Å². The summed E-state index contributed by atoms with van der Waals surface area (Å²) in [6.07, 6.45) is 0. The molecule has 1 rings (SSSR count). The van der Waals surface area contributed by atoms with E-state index in [-0.39, 0.29) is 5.56 Å². The van der Waals surface area contributed by atoms with Gasteiger partial charge in [-0.15, -0.1) is 0 Å². The molecular formula is C12H20N2O5. The van der Waals surface area contributed by atoms with Crippen molar-refractivity contribution in [1.82, 2.24) is 9.97 Å². The predicted molar refractivity (Wildman–Crippen MR) is 68.6 cm³/mol. The summed E-state index contributed by atoms with van der Waals surface area (Å²) in [5.41, 5.74) is -0.227. The standard InChI is InChI=1S/C12H20N2O5/c1-10-13-11(15)9-12(14-10)19-8-7-18-6-5-17-4-3-16-2/h9H,3-8H2,1-2H3,(H,13,14,15). The molecule has 0 aliphatic carbocycles. The van der Waals surface area contributed by atoms with Crippen molar-refractivity contribution in [2.45, 2.75) is 6.92 Å². The Hall–Kier alpha value is -1.44. The Morgan fingerprint density at radius 1 is 1.11 bits per heavy atom. The fourth-order valence-electron chi connectivity index (χ4n) is 1.30. The highest BCUT2D eigenvalue weighted by atomic mass is 16.6. The van der Waals surface area contributed by atoms with Crippen molar-refractivity contribution < 1.29 is 18.9 Å². The number of rotatable bonds is 10. The van der Waals surface area contributed by atoms with Crippen LogP contribution in [0.2, 0.25) is 0 Å². The Bertz CT molecular complexity index is 407. The second-order valence-corrected chi connectivity index (χ2v) is 3.74. The number of nitrogens with zero attached hydrogens (tertiary/aromatic N) is 1. The van der Waals surface area contributed by atoms with E-state index in [4.69, 9.17) is 18.9 Å². The number of hydrogen-bond donors (Lipinski definition) is 1. The Morgan fingerprint density at radius 2 is 1.74 bits per heavy atom. The van der Waals surface area contributed by atoms with E-state index in [0.717, 1.165) is 0 Å². The number of methoxy groups -OCH3 is 1. The number of aryl methyl sites for hydroxylation is 1. The van der Waals surface area contributed by atoms with Gasteiger partial charge in [-0.1, -0.05) is 0 Å². The minimum Gasteiger partial charge on any atom is -0.475 e. The number of hydrogen-bond acceptors (Lipinski definition) is 6. The van der Waals surface area contributed by atoms with E-state index in [0.29, 0.717) is 51.3 Å². The van der Waals surface area contributed by atoms with Gasteiger partial charge in [-0.25, -0.2) is 4.98 Å². The highest BCUT2D eigenvalue weighted by molar-refractivity contribution is 5.07. The molecule has 0 amide bonds. The third-order valence-electron chi connectivity index (χ3n) is 2.12. The zero-order valence-electron chi connectivity index (χ0n) is 11.3. The van der Waals surface area contributed by atoms with Crippen LogP contribution in [0.1, 0.15) is 5.82 Å². The molecule has 108 valence electrons. The molecule has 0 aliphatic heterocycles. The van der Waals surface area contributed by atoms with Crippen LogP contribution in [0.15, 0.2) is 10.9 Å². The van der Waals surface area contributed by atoms with Gasteiger partial charge in [-0.2, -0.15) is 0 Å². The summed E-state index contributed by atoms with van der Waals surface area (Å²) >= 11 is 0. The average molecular weight is 272 g/mol. The summed E-state index contributed by atoms with van der Waals surface area (Å²) in [5, 5.41) is 0. The second-order valence-electron chi connectivity index (χ2n) is 3.74. The van der Waals surface area contributed by atoms with Crippen LogP contribution in [0.4, 0.5) is 0 Å². The lowest BCUT2D eigenvalue weighted by atomic mass is 10.5. The number of nitrogens with one attached hydrogen (secondary N) is 1. The highest BCUT2D eigenvalue weighted by Crippen LogP contribution is 2.00. The van der Waals surface area contributed by atoms with Crippen molar-refractivity contribution >= 4 is 0 Å². The van der Waals surface area contributed by atoms with Crippen LogP contribution in [0.5, 0.6) is 5.88 Å².